The van der Waals surface area contributed by atoms with Crippen LogP contribution >= 0.6 is 11.8 Å². The molecule has 2 heterocycles. The van der Waals surface area contributed by atoms with Crippen molar-refractivity contribution in [3.05, 3.63) is 40.1 Å². The second kappa shape index (κ2) is 6.02. The third kappa shape index (κ3) is 2.88. The number of halogens is 1. The average Bonchev–Trinajstić information content (AvgIpc) is 2.81. The summed E-state index contributed by atoms with van der Waals surface area (Å²) in [5.41, 5.74) is 3.21. The number of aliphatic imine (C=N–C) groups is 1. The Bertz CT molecular complexity index is 854. The Balaban J connectivity index is 2.08. The van der Waals surface area contributed by atoms with Crippen molar-refractivity contribution in [2.45, 2.75) is 26.3 Å². The number of thioether (sulfide) groups is 1. The van der Waals surface area contributed by atoms with Gasteiger partial charge in [-0.05, 0) is 56.3 Å². The van der Waals surface area contributed by atoms with Crippen molar-refractivity contribution in [1.82, 2.24) is 4.90 Å². The highest BCUT2D eigenvalue weighted by Gasteiger charge is 2.31. The Labute approximate surface area is 152 Å². The molecule has 0 aliphatic carbocycles. The minimum atomic E-state index is -0.332. The molecule has 0 spiro atoms. The van der Waals surface area contributed by atoms with E-state index in [4.69, 9.17) is 0 Å². The van der Waals surface area contributed by atoms with Gasteiger partial charge in [0, 0.05) is 38.0 Å². The number of benzene rings is 1. The molecule has 1 aromatic rings. The second-order valence-electron chi connectivity index (χ2n) is 6.91. The van der Waals surface area contributed by atoms with Crippen molar-refractivity contribution in [1.29, 1.82) is 0 Å². The van der Waals surface area contributed by atoms with Crippen molar-refractivity contribution >= 4 is 40.2 Å². The maximum absolute atomic E-state index is 14.7. The molecule has 0 bridgehead atoms. The van der Waals surface area contributed by atoms with Crippen LogP contribution in [0.5, 0.6) is 0 Å². The molecule has 6 heteroatoms. The second-order valence-corrected chi connectivity index (χ2v) is 7.92. The van der Waals surface area contributed by atoms with Gasteiger partial charge in [0.25, 0.3) is 5.91 Å². The first-order valence-electron chi connectivity index (χ1n) is 8.07. The Hall–Kier alpha value is -2.08. The lowest BCUT2D eigenvalue weighted by molar-refractivity contribution is -0.121. The number of fused-ring (bicyclic) bond motifs is 1. The average molecular weight is 359 g/mol. The number of allylic oxidation sites excluding steroid dienone is 1. The van der Waals surface area contributed by atoms with Crippen LogP contribution in [0.25, 0.3) is 11.6 Å². The van der Waals surface area contributed by atoms with Gasteiger partial charge in [0.05, 0.1) is 10.4 Å². The Kier molecular flexibility index (Phi) is 4.27. The molecule has 4 nitrogen and oxygen atoms in total. The van der Waals surface area contributed by atoms with E-state index in [1.165, 1.54) is 16.7 Å². The monoisotopic (exact) mass is 359 g/mol. The number of rotatable bonds is 1. The number of likely N-dealkylation sites (N-methyl/N-ethyl adjacent to an activating group) is 2. The van der Waals surface area contributed by atoms with Crippen LogP contribution in [0.15, 0.2) is 28.1 Å². The summed E-state index contributed by atoms with van der Waals surface area (Å²) in [7, 11) is 5.28. The first-order valence-corrected chi connectivity index (χ1v) is 8.89. The zero-order valence-electron chi connectivity index (χ0n) is 15.3. The predicted molar refractivity (Wildman–Crippen MR) is 104 cm³/mol. The van der Waals surface area contributed by atoms with Gasteiger partial charge < -0.3 is 4.90 Å². The minimum absolute atomic E-state index is 0.159. The molecule has 1 amide bonds. The van der Waals surface area contributed by atoms with Gasteiger partial charge in [0.2, 0.25) is 0 Å². The van der Waals surface area contributed by atoms with Crippen molar-refractivity contribution in [3.63, 3.8) is 0 Å². The van der Waals surface area contributed by atoms with Crippen LogP contribution in [-0.4, -0.2) is 42.7 Å². The lowest BCUT2D eigenvalue weighted by Gasteiger charge is -2.40. The number of amidine groups is 1. The van der Waals surface area contributed by atoms with E-state index in [2.05, 4.69) is 29.8 Å². The third-order valence-electron chi connectivity index (χ3n) is 4.82. The van der Waals surface area contributed by atoms with Crippen LogP contribution in [0.1, 0.15) is 31.9 Å². The molecule has 1 saturated heterocycles. The fraction of sp³-hybridized carbons (Fsp3) is 0.368. The molecular weight excluding hydrogens is 337 g/mol. The molecule has 0 N–H and O–H groups in total. The molecule has 0 saturated carbocycles. The van der Waals surface area contributed by atoms with E-state index in [-0.39, 0.29) is 17.3 Å². The molecule has 132 valence electrons. The lowest BCUT2D eigenvalue weighted by atomic mass is 9.88. The maximum Gasteiger partial charge on any atom is 0.266 e. The first kappa shape index (κ1) is 17.7. The van der Waals surface area contributed by atoms with Gasteiger partial charge in [-0.15, -0.1) is 0 Å². The fourth-order valence-electron chi connectivity index (χ4n) is 3.19. The van der Waals surface area contributed by atoms with Gasteiger partial charge in [-0.25, -0.2) is 4.39 Å². The number of carbonyl (C=O) groups is 1. The van der Waals surface area contributed by atoms with E-state index >= 15 is 0 Å². The summed E-state index contributed by atoms with van der Waals surface area (Å²) in [6.07, 6.45) is 3.79. The zero-order chi connectivity index (χ0) is 18.5. The highest BCUT2D eigenvalue weighted by molar-refractivity contribution is 8.18. The molecule has 2 aliphatic heterocycles. The summed E-state index contributed by atoms with van der Waals surface area (Å²) in [4.78, 5) is 20.4. The van der Waals surface area contributed by atoms with E-state index in [9.17, 15) is 9.18 Å². The van der Waals surface area contributed by atoms with Crippen molar-refractivity contribution in [3.8, 4) is 0 Å². The third-order valence-corrected chi connectivity index (χ3v) is 5.97. The summed E-state index contributed by atoms with van der Waals surface area (Å²) in [6.45, 7) is 6.23. The quantitative estimate of drug-likeness (QED) is 0.712. The topological polar surface area (TPSA) is 35.9 Å². The number of carbonyl (C=O) groups excluding carboxylic acids is 1. The number of amides is 1. The van der Waals surface area contributed by atoms with Gasteiger partial charge in [-0.2, -0.15) is 0 Å². The fourth-order valence-corrected chi connectivity index (χ4v) is 4.11. The van der Waals surface area contributed by atoms with Gasteiger partial charge in [0.15, 0.2) is 5.17 Å². The summed E-state index contributed by atoms with van der Waals surface area (Å²) < 4.78 is 14.7. The highest BCUT2D eigenvalue weighted by atomic mass is 32.2. The molecular formula is C19H22FN3OS. The molecule has 0 radical (unpaired) electrons. The molecule has 1 aromatic carbocycles. The molecule has 25 heavy (non-hydrogen) atoms. The van der Waals surface area contributed by atoms with Gasteiger partial charge >= 0.3 is 0 Å². The van der Waals surface area contributed by atoms with Gasteiger partial charge in [-0.1, -0.05) is 6.08 Å². The van der Waals surface area contributed by atoms with Crippen molar-refractivity contribution in [2.75, 3.05) is 26.0 Å². The van der Waals surface area contributed by atoms with Crippen molar-refractivity contribution < 1.29 is 9.18 Å². The Morgan fingerprint density at radius 2 is 1.96 bits per heavy atom. The lowest BCUT2D eigenvalue weighted by Crippen LogP contribution is -2.42. The Morgan fingerprint density at radius 3 is 2.56 bits per heavy atom. The first-order chi connectivity index (χ1) is 11.7. The van der Waals surface area contributed by atoms with Gasteiger partial charge in [-0.3, -0.25) is 14.7 Å². The van der Waals surface area contributed by atoms with Crippen LogP contribution in [0.3, 0.4) is 0 Å². The number of anilines is 1. The van der Waals surface area contributed by atoms with Crippen molar-refractivity contribution in [2.24, 2.45) is 4.99 Å². The number of hydrogen-bond donors (Lipinski definition) is 0. The van der Waals surface area contributed by atoms with E-state index in [1.807, 2.05) is 20.0 Å². The minimum Gasteiger partial charge on any atom is -0.365 e. The van der Waals surface area contributed by atoms with E-state index in [0.29, 0.717) is 15.6 Å². The van der Waals surface area contributed by atoms with E-state index in [1.54, 1.807) is 26.2 Å². The molecule has 1 fully saturated rings. The maximum atomic E-state index is 14.7. The molecule has 0 aromatic heterocycles. The molecule has 0 atom stereocenters. The van der Waals surface area contributed by atoms with Crippen LogP contribution < -0.4 is 4.90 Å². The molecule has 0 unspecified atom stereocenters. The molecule has 2 aliphatic rings. The van der Waals surface area contributed by atoms with Crippen LogP contribution in [0, 0.1) is 5.82 Å². The number of hydrogen-bond acceptors (Lipinski definition) is 4. The van der Waals surface area contributed by atoms with Gasteiger partial charge in [0.1, 0.15) is 5.82 Å². The predicted octanol–water partition coefficient (Wildman–Crippen LogP) is 3.99. The summed E-state index contributed by atoms with van der Waals surface area (Å²) >= 11 is 1.26. The largest absolute Gasteiger partial charge is 0.365 e. The smallest absolute Gasteiger partial charge is 0.266 e. The SMILES string of the molecule is CN=C1S/C(=C/c2cc3c(cc2F)N(C)C(C)(C)C=C3C)C(=O)N1C. The standard InChI is InChI=1S/C19H22FN3OS/c1-11-10-19(2,3)23(6)15-9-14(20)12(7-13(11)15)8-16-17(24)22(5)18(21-4)25-16/h7-10H,1-6H3/b16-8+,21-18?. The van der Waals surface area contributed by atoms with E-state index < -0.39 is 0 Å². The van der Waals surface area contributed by atoms with Crippen LogP contribution in [0.2, 0.25) is 0 Å². The Morgan fingerprint density at radius 1 is 1.28 bits per heavy atom. The molecule has 3 rings (SSSR count). The van der Waals surface area contributed by atoms with Crippen LogP contribution in [-0.2, 0) is 4.79 Å². The normalized spacial score (nSPS) is 22.7. The highest BCUT2D eigenvalue weighted by Crippen LogP contribution is 2.40. The summed E-state index contributed by atoms with van der Waals surface area (Å²) in [5.74, 6) is -0.491. The summed E-state index contributed by atoms with van der Waals surface area (Å²) in [6, 6.07) is 3.38. The number of nitrogens with zero attached hydrogens (tertiary/aromatic N) is 3. The van der Waals surface area contributed by atoms with E-state index in [0.717, 1.165) is 16.8 Å². The summed E-state index contributed by atoms with van der Waals surface area (Å²) in [5, 5.41) is 0.618. The zero-order valence-corrected chi connectivity index (χ0v) is 16.2. The van der Waals surface area contributed by atoms with Crippen LogP contribution in [0.4, 0.5) is 10.1 Å².